The maximum atomic E-state index is 13.5. The summed E-state index contributed by atoms with van der Waals surface area (Å²) in [6, 6.07) is 10.4. The van der Waals surface area contributed by atoms with E-state index in [9.17, 15) is 18.4 Å². The average Bonchev–Trinajstić information content (AvgIpc) is 2.53. The third-order valence-electron chi connectivity index (χ3n) is 3.20. The molecule has 0 aliphatic carbocycles. The number of carbonyl (C=O) groups excluding carboxylic acids is 2. The molecule has 132 valence electrons. The van der Waals surface area contributed by atoms with Gasteiger partial charge in [-0.15, -0.1) is 0 Å². The summed E-state index contributed by atoms with van der Waals surface area (Å²) in [4.78, 5) is 25.3. The first-order valence-corrected chi connectivity index (χ1v) is 8.13. The van der Waals surface area contributed by atoms with Crippen LogP contribution in [0.25, 0.3) is 0 Å². The maximum Gasteiger partial charge on any atom is 0.238 e. The Labute approximate surface area is 152 Å². The van der Waals surface area contributed by atoms with Gasteiger partial charge in [0.15, 0.2) is 0 Å². The summed E-state index contributed by atoms with van der Waals surface area (Å²) < 4.78 is 27.7. The number of amides is 2. The number of benzene rings is 2. The van der Waals surface area contributed by atoms with Gasteiger partial charge in [0.1, 0.15) is 17.3 Å². The van der Waals surface area contributed by atoms with Crippen molar-refractivity contribution >= 4 is 39.1 Å². The first-order chi connectivity index (χ1) is 11.9. The molecule has 2 N–H and O–H groups in total. The van der Waals surface area contributed by atoms with E-state index in [1.165, 1.54) is 11.0 Å². The molecular weight excluding hydrogens is 396 g/mol. The number of nitrogens with one attached hydrogen (secondary N) is 2. The summed E-state index contributed by atoms with van der Waals surface area (Å²) >= 11 is 3.32. The van der Waals surface area contributed by atoms with Crippen LogP contribution in [0.5, 0.6) is 0 Å². The van der Waals surface area contributed by atoms with E-state index < -0.39 is 23.2 Å². The summed E-state index contributed by atoms with van der Waals surface area (Å²) in [6.45, 7) is -0.258. The number of hydrogen-bond acceptors (Lipinski definition) is 3. The lowest BCUT2D eigenvalue weighted by molar-refractivity contribution is -0.119. The number of rotatable bonds is 6. The minimum Gasteiger partial charge on any atom is -0.324 e. The van der Waals surface area contributed by atoms with Crippen molar-refractivity contribution in [1.29, 1.82) is 0 Å². The van der Waals surface area contributed by atoms with Crippen LogP contribution in [0.2, 0.25) is 0 Å². The lowest BCUT2D eigenvalue weighted by Crippen LogP contribution is -2.36. The number of halogens is 3. The van der Waals surface area contributed by atoms with Gasteiger partial charge in [0.25, 0.3) is 0 Å². The summed E-state index contributed by atoms with van der Waals surface area (Å²) in [5.41, 5.74) is 0.109. The Balaban J connectivity index is 1.87. The predicted octanol–water partition coefficient (Wildman–Crippen LogP) is 3.24. The van der Waals surface area contributed by atoms with Crippen LogP contribution in [-0.4, -0.2) is 36.9 Å². The zero-order valence-corrected chi connectivity index (χ0v) is 14.9. The van der Waals surface area contributed by atoms with E-state index in [1.54, 1.807) is 25.2 Å². The molecule has 2 aromatic rings. The smallest absolute Gasteiger partial charge is 0.238 e. The van der Waals surface area contributed by atoms with Gasteiger partial charge < -0.3 is 10.6 Å². The molecule has 2 amide bonds. The molecule has 0 aromatic heterocycles. The normalized spacial score (nSPS) is 10.6. The summed E-state index contributed by atoms with van der Waals surface area (Å²) in [5.74, 6) is -2.66. The number of nitrogens with zero attached hydrogens (tertiary/aromatic N) is 1. The SMILES string of the molecule is CN(CC(=O)Nc1ccccc1Br)CC(=O)Nc1c(F)cccc1F. The molecule has 0 heterocycles. The van der Waals surface area contributed by atoms with Crippen molar-refractivity contribution in [3.05, 3.63) is 58.6 Å². The Bertz CT molecular complexity index is 766. The van der Waals surface area contributed by atoms with Crippen LogP contribution in [0.15, 0.2) is 46.9 Å². The first-order valence-electron chi connectivity index (χ1n) is 7.33. The van der Waals surface area contributed by atoms with Crippen molar-refractivity contribution in [2.75, 3.05) is 30.8 Å². The maximum absolute atomic E-state index is 13.5. The highest BCUT2D eigenvalue weighted by molar-refractivity contribution is 9.10. The van der Waals surface area contributed by atoms with E-state index in [1.807, 2.05) is 6.07 Å². The standard InChI is InChI=1S/C17H16BrF2N3O2/c1-23(9-15(24)21-14-8-3-2-5-11(14)18)10-16(25)22-17-12(19)6-4-7-13(17)20/h2-8H,9-10H2,1H3,(H,21,24)(H,22,25). The van der Waals surface area contributed by atoms with Crippen LogP contribution in [-0.2, 0) is 9.59 Å². The third-order valence-corrected chi connectivity index (χ3v) is 3.89. The zero-order chi connectivity index (χ0) is 18.4. The molecule has 0 spiro atoms. The molecule has 8 heteroatoms. The number of likely N-dealkylation sites (N-methyl/N-ethyl adjacent to an activating group) is 1. The van der Waals surface area contributed by atoms with E-state index in [4.69, 9.17) is 0 Å². The van der Waals surface area contributed by atoms with Crippen molar-refractivity contribution in [3.63, 3.8) is 0 Å². The van der Waals surface area contributed by atoms with E-state index in [0.717, 1.165) is 16.6 Å². The molecule has 0 aliphatic heterocycles. The van der Waals surface area contributed by atoms with Gasteiger partial charge in [0.2, 0.25) is 11.8 Å². The average molecular weight is 412 g/mol. The molecule has 25 heavy (non-hydrogen) atoms. The lowest BCUT2D eigenvalue weighted by Gasteiger charge is -2.16. The van der Waals surface area contributed by atoms with Crippen LogP contribution in [0.4, 0.5) is 20.2 Å². The fraction of sp³-hybridized carbons (Fsp3) is 0.176. The van der Waals surface area contributed by atoms with Crippen molar-refractivity contribution < 1.29 is 18.4 Å². The molecule has 0 saturated heterocycles. The Hall–Kier alpha value is -2.32. The topological polar surface area (TPSA) is 61.4 Å². The van der Waals surface area contributed by atoms with E-state index in [0.29, 0.717) is 5.69 Å². The molecule has 2 rings (SSSR count). The van der Waals surface area contributed by atoms with Crippen molar-refractivity contribution in [2.24, 2.45) is 0 Å². The van der Waals surface area contributed by atoms with Gasteiger partial charge in [-0.3, -0.25) is 14.5 Å². The highest BCUT2D eigenvalue weighted by Crippen LogP contribution is 2.21. The van der Waals surface area contributed by atoms with Crippen molar-refractivity contribution in [2.45, 2.75) is 0 Å². The van der Waals surface area contributed by atoms with Crippen LogP contribution >= 0.6 is 15.9 Å². The minimum absolute atomic E-state index is 0.0610. The largest absolute Gasteiger partial charge is 0.324 e. The van der Waals surface area contributed by atoms with Gasteiger partial charge in [-0.05, 0) is 47.2 Å². The van der Waals surface area contributed by atoms with E-state index in [-0.39, 0.29) is 19.0 Å². The Kier molecular flexibility index (Phi) is 6.60. The quantitative estimate of drug-likeness (QED) is 0.766. The summed E-state index contributed by atoms with van der Waals surface area (Å²) in [5, 5.41) is 4.87. The van der Waals surface area contributed by atoms with Gasteiger partial charge in [-0.2, -0.15) is 0 Å². The number of carbonyl (C=O) groups is 2. The highest BCUT2D eigenvalue weighted by Gasteiger charge is 2.15. The minimum atomic E-state index is -0.859. The van der Waals surface area contributed by atoms with Crippen LogP contribution in [0, 0.1) is 11.6 Å². The van der Waals surface area contributed by atoms with Gasteiger partial charge >= 0.3 is 0 Å². The van der Waals surface area contributed by atoms with Gasteiger partial charge in [-0.25, -0.2) is 8.78 Å². The monoisotopic (exact) mass is 411 g/mol. The predicted molar refractivity (Wildman–Crippen MR) is 95.3 cm³/mol. The second-order valence-electron chi connectivity index (χ2n) is 5.35. The lowest BCUT2D eigenvalue weighted by atomic mass is 10.3. The fourth-order valence-corrected chi connectivity index (χ4v) is 2.48. The molecule has 0 unspecified atom stereocenters. The fourth-order valence-electron chi connectivity index (χ4n) is 2.09. The third kappa shape index (κ3) is 5.61. The molecule has 0 saturated carbocycles. The van der Waals surface area contributed by atoms with Crippen molar-refractivity contribution in [3.8, 4) is 0 Å². The van der Waals surface area contributed by atoms with Gasteiger partial charge in [0.05, 0.1) is 18.8 Å². The zero-order valence-electron chi connectivity index (χ0n) is 13.4. The number of anilines is 2. The molecule has 0 radical (unpaired) electrons. The molecule has 0 bridgehead atoms. The van der Waals surface area contributed by atoms with E-state index in [2.05, 4.69) is 26.6 Å². The van der Waals surface area contributed by atoms with Crippen LogP contribution in [0.1, 0.15) is 0 Å². The van der Waals surface area contributed by atoms with Crippen molar-refractivity contribution in [1.82, 2.24) is 4.90 Å². The first kappa shape index (κ1) is 19.0. The van der Waals surface area contributed by atoms with Crippen LogP contribution < -0.4 is 10.6 Å². The molecule has 0 fully saturated rings. The highest BCUT2D eigenvalue weighted by atomic mass is 79.9. The number of hydrogen-bond donors (Lipinski definition) is 2. The van der Waals surface area contributed by atoms with Crippen LogP contribution in [0.3, 0.4) is 0 Å². The molecule has 0 atom stereocenters. The Morgan fingerprint density at radius 1 is 0.960 bits per heavy atom. The van der Waals surface area contributed by atoms with Gasteiger partial charge in [0, 0.05) is 4.47 Å². The molecular formula is C17H16BrF2N3O2. The van der Waals surface area contributed by atoms with E-state index >= 15 is 0 Å². The second kappa shape index (κ2) is 8.68. The van der Waals surface area contributed by atoms with Gasteiger partial charge in [-0.1, -0.05) is 18.2 Å². The second-order valence-corrected chi connectivity index (χ2v) is 6.20. The summed E-state index contributed by atoms with van der Waals surface area (Å²) in [7, 11) is 1.55. The number of para-hydroxylation sites is 2. The Morgan fingerprint density at radius 2 is 1.52 bits per heavy atom. The molecule has 5 nitrogen and oxygen atoms in total. The molecule has 2 aromatic carbocycles. The molecule has 0 aliphatic rings. The Morgan fingerprint density at radius 3 is 2.12 bits per heavy atom. The summed E-state index contributed by atoms with van der Waals surface area (Å²) in [6.07, 6.45) is 0.